The zero-order chi connectivity index (χ0) is 36.6. The van der Waals surface area contributed by atoms with Crippen LogP contribution >= 0.6 is 0 Å². The molecule has 0 unspecified atom stereocenters. The number of benzene rings is 2. The summed E-state index contributed by atoms with van der Waals surface area (Å²) >= 11 is 0. The van der Waals surface area contributed by atoms with Crippen LogP contribution in [0.1, 0.15) is 134 Å². The molecule has 10 heteroatoms. The van der Waals surface area contributed by atoms with Gasteiger partial charge in [0, 0.05) is 19.3 Å². The van der Waals surface area contributed by atoms with Crippen molar-refractivity contribution in [1.82, 2.24) is 16.0 Å². The van der Waals surface area contributed by atoms with E-state index in [1.54, 1.807) is 24.3 Å². The summed E-state index contributed by atoms with van der Waals surface area (Å²) in [4.78, 5) is 52.5. The lowest BCUT2D eigenvalue weighted by Crippen LogP contribution is -2.57. The number of primary amides is 1. The van der Waals surface area contributed by atoms with E-state index in [0.717, 1.165) is 37.7 Å². The molecule has 7 N–H and O–H groups in total. The Morgan fingerprint density at radius 2 is 0.920 bits per heavy atom. The zero-order valence-electron chi connectivity index (χ0n) is 30.4. The van der Waals surface area contributed by atoms with E-state index >= 15 is 0 Å². The maximum absolute atomic E-state index is 13.8. The summed E-state index contributed by atoms with van der Waals surface area (Å²) < 4.78 is 0. The molecule has 0 aromatic heterocycles. The van der Waals surface area contributed by atoms with Crippen molar-refractivity contribution in [2.24, 2.45) is 5.73 Å². The van der Waals surface area contributed by atoms with E-state index in [9.17, 15) is 29.4 Å². The third kappa shape index (κ3) is 18.1. The average Bonchev–Trinajstić information content (AvgIpc) is 3.09. The highest BCUT2D eigenvalue weighted by Crippen LogP contribution is 2.16. The standard InChI is InChI=1S/C40H62N4O6/c1-3-5-7-8-9-10-11-12-13-14-15-16-17-19-37(47)42-35(28-30-20-24-32(45)25-21-30)39(49)44-36(29-31-22-26-33(46)27-23-31)40(50)43-34(38(41)48)18-6-4-2/h20-27,34-36,45-46H,3-19,28-29H2,1-2H3,(H2,41,48)(H,42,47)(H,43,50)(H,44,49)/t34-,35-,36-/m0/s1. The summed E-state index contributed by atoms with van der Waals surface area (Å²) in [6.07, 6.45) is 18.0. The molecule has 2 aromatic rings. The molecule has 4 amide bonds. The van der Waals surface area contributed by atoms with E-state index in [1.807, 2.05) is 6.92 Å². The second-order valence-electron chi connectivity index (χ2n) is 13.5. The van der Waals surface area contributed by atoms with Crippen molar-refractivity contribution in [3.8, 4) is 11.5 Å². The molecule has 0 saturated carbocycles. The van der Waals surface area contributed by atoms with Gasteiger partial charge in [-0.25, -0.2) is 0 Å². The molecule has 2 rings (SSSR count). The summed E-state index contributed by atoms with van der Waals surface area (Å²) in [5.41, 5.74) is 6.96. The van der Waals surface area contributed by atoms with Gasteiger partial charge in [0.2, 0.25) is 23.6 Å². The first-order valence-corrected chi connectivity index (χ1v) is 18.9. The Balaban J connectivity index is 2.01. The van der Waals surface area contributed by atoms with Gasteiger partial charge in [0.15, 0.2) is 0 Å². The normalized spacial score (nSPS) is 12.8. The smallest absolute Gasteiger partial charge is 0.243 e. The number of amides is 4. The number of hydrogen-bond acceptors (Lipinski definition) is 6. The zero-order valence-corrected chi connectivity index (χ0v) is 30.4. The molecule has 0 bridgehead atoms. The second-order valence-corrected chi connectivity index (χ2v) is 13.5. The highest BCUT2D eigenvalue weighted by atomic mass is 16.3. The van der Waals surface area contributed by atoms with Gasteiger partial charge in [0.1, 0.15) is 29.6 Å². The lowest BCUT2D eigenvalue weighted by Gasteiger charge is -2.25. The van der Waals surface area contributed by atoms with Gasteiger partial charge in [-0.05, 0) is 48.2 Å². The third-order valence-electron chi connectivity index (χ3n) is 9.05. The molecular weight excluding hydrogens is 632 g/mol. The van der Waals surface area contributed by atoms with Gasteiger partial charge < -0.3 is 31.9 Å². The molecule has 0 heterocycles. The highest BCUT2D eigenvalue weighted by molar-refractivity contribution is 5.94. The first-order valence-electron chi connectivity index (χ1n) is 18.9. The van der Waals surface area contributed by atoms with Crippen molar-refractivity contribution in [3.05, 3.63) is 59.7 Å². The van der Waals surface area contributed by atoms with Gasteiger partial charge in [0.25, 0.3) is 0 Å². The minimum atomic E-state index is -1.09. The lowest BCUT2D eigenvalue weighted by molar-refractivity contribution is -0.133. The molecule has 0 fully saturated rings. The fraction of sp³-hybridized carbons (Fsp3) is 0.600. The Morgan fingerprint density at radius 1 is 0.540 bits per heavy atom. The SMILES string of the molecule is CCCCCCCCCCCCCCCC(=O)N[C@@H](Cc1ccc(O)cc1)C(=O)N[C@@H](Cc1ccc(O)cc1)C(=O)N[C@@H](CCCC)C(N)=O. The van der Waals surface area contributed by atoms with Gasteiger partial charge >= 0.3 is 0 Å². The maximum atomic E-state index is 13.8. The molecule has 10 nitrogen and oxygen atoms in total. The van der Waals surface area contributed by atoms with E-state index < -0.39 is 35.8 Å². The van der Waals surface area contributed by atoms with Gasteiger partial charge in [-0.15, -0.1) is 0 Å². The number of nitrogens with one attached hydrogen (secondary N) is 3. The van der Waals surface area contributed by atoms with Crippen LogP contribution in [-0.4, -0.2) is 52.0 Å². The van der Waals surface area contributed by atoms with Crippen molar-refractivity contribution < 1.29 is 29.4 Å². The summed E-state index contributed by atoms with van der Waals surface area (Å²) in [5.74, 6) is -1.90. The lowest BCUT2D eigenvalue weighted by atomic mass is 10.0. The summed E-state index contributed by atoms with van der Waals surface area (Å²) in [6.45, 7) is 4.21. The van der Waals surface area contributed by atoms with E-state index in [4.69, 9.17) is 5.73 Å². The van der Waals surface area contributed by atoms with Gasteiger partial charge in [0.05, 0.1) is 0 Å². The largest absolute Gasteiger partial charge is 0.508 e. The number of nitrogens with two attached hydrogens (primary N) is 1. The molecule has 3 atom stereocenters. The molecule has 0 aliphatic carbocycles. The van der Waals surface area contributed by atoms with Crippen LogP contribution in [0.2, 0.25) is 0 Å². The first kappa shape index (κ1) is 42.1. The monoisotopic (exact) mass is 694 g/mol. The van der Waals surface area contributed by atoms with Crippen LogP contribution < -0.4 is 21.7 Å². The van der Waals surface area contributed by atoms with Crippen LogP contribution in [0.25, 0.3) is 0 Å². The molecule has 0 aliphatic heterocycles. The van der Waals surface area contributed by atoms with Crippen molar-refractivity contribution in [3.63, 3.8) is 0 Å². The Morgan fingerprint density at radius 3 is 1.34 bits per heavy atom. The van der Waals surface area contributed by atoms with Crippen molar-refractivity contribution >= 4 is 23.6 Å². The number of phenolic OH excluding ortho intramolecular Hbond substituents is 2. The summed E-state index contributed by atoms with van der Waals surface area (Å²) in [5, 5.41) is 27.9. The number of aromatic hydroxyl groups is 2. The molecule has 0 spiro atoms. The van der Waals surface area contributed by atoms with E-state index in [1.165, 1.54) is 82.1 Å². The number of hydrogen-bond donors (Lipinski definition) is 6. The number of rotatable bonds is 27. The fourth-order valence-electron chi connectivity index (χ4n) is 5.96. The number of carbonyl (C=O) groups is 4. The maximum Gasteiger partial charge on any atom is 0.243 e. The quantitative estimate of drug-likeness (QED) is 0.0584. The molecular formula is C40H62N4O6. The predicted molar refractivity (Wildman–Crippen MR) is 198 cm³/mol. The average molecular weight is 695 g/mol. The Labute approximate surface area is 299 Å². The number of carbonyl (C=O) groups excluding carboxylic acids is 4. The van der Waals surface area contributed by atoms with Crippen LogP contribution in [-0.2, 0) is 32.0 Å². The van der Waals surface area contributed by atoms with Crippen molar-refractivity contribution in [2.75, 3.05) is 0 Å². The fourth-order valence-corrected chi connectivity index (χ4v) is 5.96. The molecule has 2 aromatic carbocycles. The molecule has 50 heavy (non-hydrogen) atoms. The second kappa shape index (κ2) is 25.0. The molecule has 278 valence electrons. The van der Waals surface area contributed by atoms with Gasteiger partial charge in [-0.3, -0.25) is 19.2 Å². The van der Waals surface area contributed by atoms with Crippen LogP contribution in [0.15, 0.2) is 48.5 Å². The van der Waals surface area contributed by atoms with E-state index in [2.05, 4.69) is 22.9 Å². The van der Waals surface area contributed by atoms with Crippen LogP contribution in [0.5, 0.6) is 11.5 Å². The Kier molecular flexibility index (Phi) is 21.0. The minimum absolute atomic E-state index is 0.0623. The molecule has 0 saturated heterocycles. The van der Waals surface area contributed by atoms with Crippen LogP contribution in [0.3, 0.4) is 0 Å². The topological polar surface area (TPSA) is 171 Å². The predicted octanol–water partition coefficient (Wildman–Crippen LogP) is 6.49. The van der Waals surface area contributed by atoms with Gasteiger partial charge in [-0.2, -0.15) is 0 Å². The number of unbranched alkanes of at least 4 members (excludes halogenated alkanes) is 13. The number of phenols is 2. The Hall–Kier alpha value is -4.08. The van der Waals surface area contributed by atoms with E-state index in [-0.39, 0.29) is 36.7 Å². The van der Waals surface area contributed by atoms with Crippen molar-refractivity contribution in [1.29, 1.82) is 0 Å². The summed E-state index contributed by atoms with van der Waals surface area (Å²) in [7, 11) is 0. The van der Waals surface area contributed by atoms with Gasteiger partial charge in [-0.1, -0.05) is 128 Å². The minimum Gasteiger partial charge on any atom is -0.508 e. The van der Waals surface area contributed by atoms with Crippen molar-refractivity contribution in [2.45, 2.75) is 154 Å². The first-order chi connectivity index (χ1) is 24.1. The third-order valence-corrected chi connectivity index (χ3v) is 9.05. The van der Waals surface area contributed by atoms with E-state index in [0.29, 0.717) is 18.4 Å². The Bertz CT molecular complexity index is 1270. The van der Waals surface area contributed by atoms with Crippen LogP contribution in [0.4, 0.5) is 0 Å². The molecule has 0 aliphatic rings. The highest BCUT2D eigenvalue weighted by Gasteiger charge is 2.29. The van der Waals surface area contributed by atoms with Crippen LogP contribution in [0, 0.1) is 0 Å². The molecule has 0 radical (unpaired) electrons. The summed E-state index contributed by atoms with van der Waals surface area (Å²) in [6, 6.07) is 9.70.